The molecule has 4 amide bonds. The molecule has 0 aromatic carbocycles. The summed E-state index contributed by atoms with van der Waals surface area (Å²) < 4.78 is 15.4. The summed E-state index contributed by atoms with van der Waals surface area (Å²) >= 11 is 2.29. The molecule has 40 heavy (non-hydrogen) atoms. The zero-order valence-electron chi connectivity index (χ0n) is 21.2. The fourth-order valence-electron chi connectivity index (χ4n) is 3.06. The number of ether oxygens (including phenoxy) is 1. The molecule has 4 aromatic rings. The minimum absolute atomic E-state index is 0.191. The topological polar surface area (TPSA) is 180 Å². The molecule has 2 N–H and O–H groups in total. The third kappa shape index (κ3) is 6.18. The van der Waals surface area contributed by atoms with Gasteiger partial charge in [0.1, 0.15) is 21.1 Å². The number of fused-ring (bicyclic) bond motifs is 2. The normalized spacial score (nSPS) is 10.4. The number of aromatic carboxylic acids is 1. The predicted octanol–water partition coefficient (Wildman–Crippen LogP) is 1.99. The van der Waals surface area contributed by atoms with E-state index in [1.807, 2.05) is 5.23 Å². The molecule has 18 heteroatoms. The SMILES string of the molecule is [B]N(C)C(=O)N(C)c1cc2oc(=O)c(C(=O)OC)cc2s1.[B]NC(=O)N(C)c1cc2oc(=O)c(C(=O)O)cc2s1. The van der Waals surface area contributed by atoms with E-state index in [9.17, 15) is 28.8 Å². The molecular weight excluding hydrogens is 566 g/mol. The molecule has 4 rings (SSSR count). The Morgan fingerprint density at radius 2 is 1.35 bits per heavy atom. The van der Waals surface area contributed by atoms with Crippen molar-refractivity contribution in [1.29, 1.82) is 0 Å². The Labute approximate surface area is 235 Å². The molecule has 0 aliphatic heterocycles. The van der Waals surface area contributed by atoms with Gasteiger partial charge < -0.3 is 28.7 Å². The first-order valence-corrected chi connectivity index (χ1v) is 12.4. The smallest absolute Gasteiger partial charge is 0.351 e. The molecule has 0 fully saturated rings. The summed E-state index contributed by atoms with van der Waals surface area (Å²) in [6, 6.07) is 4.60. The minimum Gasteiger partial charge on any atom is -0.477 e. The van der Waals surface area contributed by atoms with Crippen molar-refractivity contribution in [2.45, 2.75) is 0 Å². The molecule has 4 heterocycles. The molecule has 0 aliphatic carbocycles. The number of anilines is 2. The van der Waals surface area contributed by atoms with Crippen LogP contribution in [0.4, 0.5) is 19.6 Å². The second kappa shape index (κ2) is 12.1. The quantitative estimate of drug-likeness (QED) is 0.266. The Bertz CT molecular complexity index is 1740. The fraction of sp³-hybridized carbons (Fsp3) is 0.182. The second-order valence-corrected chi connectivity index (χ2v) is 9.90. The largest absolute Gasteiger partial charge is 0.477 e. The molecular formula is C22H18B2N4O10S2. The summed E-state index contributed by atoms with van der Waals surface area (Å²) in [6.45, 7) is 0. The van der Waals surface area contributed by atoms with Gasteiger partial charge in [0.25, 0.3) is 0 Å². The number of carboxylic acids is 1. The van der Waals surface area contributed by atoms with Crippen molar-refractivity contribution in [3.05, 3.63) is 56.2 Å². The highest BCUT2D eigenvalue weighted by atomic mass is 32.1. The van der Waals surface area contributed by atoms with E-state index in [1.165, 1.54) is 73.7 Å². The van der Waals surface area contributed by atoms with Crippen LogP contribution in [0.3, 0.4) is 0 Å². The first-order valence-electron chi connectivity index (χ1n) is 10.8. The van der Waals surface area contributed by atoms with Crippen molar-refractivity contribution >= 4 is 93.2 Å². The van der Waals surface area contributed by atoms with Crippen LogP contribution in [0.5, 0.6) is 0 Å². The third-order valence-electron chi connectivity index (χ3n) is 5.13. The number of carboxylic acid groups (broad SMARTS) is 1. The number of carbonyl (C=O) groups excluding carboxylic acids is 3. The lowest BCUT2D eigenvalue weighted by Gasteiger charge is -2.20. The van der Waals surface area contributed by atoms with Crippen molar-refractivity contribution in [3.63, 3.8) is 0 Å². The van der Waals surface area contributed by atoms with Crippen LogP contribution >= 0.6 is 22.7 Å². The lowest BCUT2D eigenvalue weighted by molar-refractivity contribution is 0.0595. The number of urea groups is 2. The van der Waals surface area contributed by atoms with Gasteiger partial charge in [-0.3, -0.25) is 9.80 Å². The van der Waals surface area contributed by atoms with Gasteiger partial charge in [-0.05, 0) is 19.2 Å². The number of esters is 1. The first kappa shape index (κ1) is 30.0. The second-order valence-electron chi connectivity index (χ2n) is 7.78. The Morgan fingerprint density at radius 1 is 0.875 bits per heavy atom. The molecule has 4 radical (unpaired) electrons. The number of nitrogens with one attached hydrogen (secondary N) is 1. The molecule has 0 unspecified atom stereocenters. The summed E-state index contributed by atoms with van der Waals surface area (Å²) in [5, 5.41) is 11.8. The summed E-state index contributed by atoms with van der Waals surface area (Å²) in [7, 11) is 16.0. The van der Waals surface area contributed by atoms with Crippen LogP contribution in [-0.4, -0.2) is 78.1 Å². The highest BCUT2D eigenvalue weighted by Crippen LogP contribution is 2.33. The highest BCUT2D eigenvalue weighted by Gasteiger charge is 2.20. The van der Waals surface area contributed by atoms with Gasteiger partial charge in [0.05, 0.1) is 16.5 Å². The number of carbonyl (C=O) groups is 4. The maximum absolute atomic E-state index is 11.8. The van der Waals surface area contributed by atoms with Crippen LogP contribution < -0.4 is 26.3 Å². The lowest BCUT2D eigenvalue weighted by Crippen LogP contribution is -2.36. The lowest BCUT2D eigenvalue weighted by atomic mass is 10.3. The van der Waals surface area contributed by atoms with Gasteiger partial charge >= 0.3 is 35.3 Å². The zero-order valence-corrected chi connectivity index (χ0v) is 22.9. The molecule has 0 aliphatic rings. The number of methoxy groups -OCH3 is 1. The summed E-state index contributed by atoms with van der Waals surface area (Å²) in [5.41, 5.74) is -1.87. The molecule has 204 valence electrons. The van der Waals surface area contributed by atoms with Gasteiger partial charge in [-0.1, -0.05) is 0 Å². The van der Waals surface area contributed by atoms with E-state index in [2.05, 4.69) is 4.74 Å². The van der Waals surface area contributed by atoms with E-state index in [4.69, 9.17) is 29.9 Å². The molecule has 0 bridgehead atoms. The Kier molecular flexibility index (Phi) is 9.06. The monoisotopic (exact) mass is 584 g/mol. The van der Waals surface area contributed by atoms with Crippen LogP contribution in [0.2, 0.25) is 0 Å². The van der Waals surface area contributed by atoms with E-state index < -0.39 is 40.8 Å². The average molecular weight is 584 g/mol. The standard InChI is InChI=1S/C12H11BN2O5S.C10H7BN2O5S/c1-14(12(18)15(2)13)9-5-7-8(21-9)4-6(10(16)19-3)11(17)20-7;1-13(10(17)12-11)7-3-5-6(19-7)2-4(8(14)15)9(16)18-5/h4-5H,1-3H3;2-3H,1H3,(H,12,17)(H,14,15). The summed E-state index contributed by atoms with van der Waals surface area (Å²) in [6.07, 6.45) is 0. The van der Waals surface area contributed by atoms with Crippen molar-refractivity contribution in [2.75, 3.05) is 38.1 Å². The number of amides is 4. The minimum atomic E-state index is -1.36. The Hall–Kier alpha value is -4.57. The van der Waals surface area contributed by atoms with Crippen molar-refractivity contribution in [2.24, 2.45) is 0 Å². The van der Waals surface area contributed by atoms with Crippen LogP contribution in [0.1, 0.15) is 20.7 Å². The maximum atomic E-state index is 11.8. The third-order valence-corrected chi connectivity index (χ3v) is 7.41. The van der Waals surface area contributed by atoms with E-state index in [0.29, 0.717) is 19.4 Å². The Morgan fingerprint density at radius 3 is 1.80 bits per heavy atom. The van der Waals surface area contributed by atoms with Crippen molar-refractivity contribution in [1.82, 2.24) is 10.0 Å². The van der Waals surface area contributed by atoms with Crippen molar-refractivity contribution < 1.29 is 37.9 Å². The van der Waals surface area contributed by atoms with E-state index in [-0.39, 0.29) is 16.7 Å². The van der Waals surface area contributed by atoms with Crippen LogP contribution in [-0.2, 0) is 4.74 Å². The number of hydrogen-bond donors (Lipinski definition) is 2. The van der Waals surface area contributed by atoms with Gasteiger partial charge in [0.2, 0.25) is 16.0 Å². The van der Waals surface area contributed by atoms with Crippen molar-refractivity contribution in [3.8, 4) is 0 Å². The first-order chi connectivity index (χ1) is 18.8. The van der Waals surface area contributed by atoms with Gasteiger partial charge in [0, 0.05) is 26.2 Å². The molecule has 0 spiro atoms. The highest BCUT2D eigenvalue weighted by molar-refractivity contribution is 7.23. The molecule has 4 aromatic heterocycles. The van der Waals surface area contributed by atoms with E-state index in [0.717, 1.165) is 16.1 Å². The van der Waals surface area contributed by atoms with E-state index in [1.54, 1.807) is 0 Å². The molecule has 0 atom stereocenters. The molecule has 0 saturated carbocycles. The fourth-order valence-corrected chi connectivity index (χ4v) is 5.03. The molecule has 14 nitrogen and oxygen atoms in total. The number of nitrogens with zero attached hydrogens (tertiary/aromatic N) is 3. The number of thiophene rings is 2. The predicted molar refractivity (Wildman–Crippen MR) is 149 cm³/mol. The maximum Gasteiger partial charge on any atom is 0.351 e. The Balaban J connectivity index is 0.000000222. The van der Waals surface area contributed by atoms with Crippen LogP contribution in [0, 0.1) is 0 Å². The number of hydrogen-bond acceptors (Lipinski definition) is 11. The average Bonchev–Trinajstić information content (AvgIpc) is 3.53. The van der Waals surface area contributed by atoms with Gasteiger partial charge in [-0.2, -0.15) is 0 Å². The summed E-state index contributed by atoms with van der Waals surface area (Å²) in [4.78, 5) is 71.9. The van der Waals surface area contributed by atoms with E-state index >= 15 is 0 Å². The number of rotatable bonds is 4. The van der Waals surface area contributed by atoms with Gasteiger partial charge in [0.15, 0.2) is 11.2 Å². The molecule has 0 saturated heterocycles. The van der Waals surface area contributed by atoms with Gasteiger partial charge in [-0.25, -0.2) is 28.8 Å². The summed E-state index contributed by atoms with van der Waals surface area (Å²) in [5.74, 6) is -2.13. The van der Waals surface area contributed by atoms with Crippen LogP contribution in [0.15, 0.2) is 42.7 Å². The van der Waals surface area contributed by atoms with Gasteiger partial charge in [-0.15, -0.1) is 22.7 Å². The zero-order chi connectivity index (χ0) is 29.9. The van der Waals surface area contributed by atoms with Crippen LogP contribution in [0.25, 0.3) is 20.6 Å².